The Hall–Kier alpha value is -3.45. The summed E-state index contributed by atoms with van der Waals surface area (Å²) in [6, 6.07) is 15.8. The van der Waals surface area contributed by atoms with Gasteiger partial charge < -0.3 is 14.3 Å². The highest BCUT2D eigenvalue weighted by atomic mass is 16.5. The molecule has 4 aromatic rings. The number of rotatable bonds is 5. The Morgan fingerprint density at radius 1 is 1.23 bits per heavy atom. The molecule has 7 nitrogen and oxygen atoms in total. The number of aryl methyl sites for hydroxylation is 1. The van der Waals surface area contributed by atoms with Crippen molar-refractivity contribution in [1.82, 2.24) is 20.4 Å². The van der Waals surface area contributed by atoms with Crippen LogP contribution in [0.3, 0.4) is 0 Å². The number of furan rings is 1. The Balaban J connectivity index is 1.35. The maximum atomic E-state index is 13.2. The Morgan fingerprint density at radius 3 is 2.90 bits per heavy atom. The maximum absolute atomic E-state index is 13.2. The van der Waals surface area contributed by atoms with Gasteiger partial charge in [0.05, 0.1) is 22.9 Å². The molecule has 1 aromatic carbocycles. The van der Waals surface area contributed by atoms with Crippen molar-refractivity contribution in [1.29, 1.82) is 0 Å². The number of benzene rings is 1. The van der Waals surface area contributed by atoms with E-state index in [2.05, 4.69) is 44.6 Å². The number of hydrogen-bond donors (Lipinski definition) is 1. The van der Waals surface area contributed by atoms with Gasteiger partial charge in [0.25, 0.3) is 11.6 Å². The molecule has 1 fully saturated rings. The third-order valence-electron chi connectivity index (χ3n) is 5.49. The Labute approximate surface area is 173 Å². The smallest absolute Gasteiger partial charge is 0.259 e. The quantitative estimate of drug-likeness (QED) is 0.547. The molecule has 5 rings (SSSR count). The van der Waals surface area contributed by atoms with Crippen LogP contribution in [-0.2, 0) is 6.54 Å². The normalized spacial score (nSPS) is 16.9. The lowest BCUT2D eigenvalue weighted by molar-refractivity contribution is 0.0939. The second kappa shape index (κ2) is 7.76. The minimum atomic E-state index is -0.145. The number of pyridine rings is 1. The van der Waals surface area contributed by atoms with Gasteiger partial charge in [0.1, 0.15) is 5.69 Å². The van der Waals surface area contributed by atoms with E-state index < -0.39 is 0 Å². The van der Waals surface area contributed by atoms with E-state index in [0.717, 1.165) is 26.1 Å². The topological polar surface area (TPSA) is 84.4 Å². The van der Waals surface area contributed by atoms with Gasteiger partial charge in [-0.1, -0.05) is 35.5 Å². The minimum Gasteiger partial charge on any atom is -0.463 e. The zero-order chi connectivity index (χ0) is 20.5. The standard InChI is InChI=1S/C23H22N4O3/c1-15-21-18(12-19(20-8-5-11-29-20)25-23(21)30-26-15)22(28)24-17-9-10-27(14-17)13-16-6-3-2-4-7-16/h2-8,11-12,17H,9-10,13-14H2,1H3,(H,24,28)/t17-/m0/s1. The predicted molar refractivity (Wildman–Crippen MR) is 112 cm³/mol. The Bertz CT molecular complexity index is 1170. The number of carbonyl (C=O) groups is 1. The van der Waals surface area contributed by atoms with Gasteiger partial charge >= 0.3 is 0 Å². The largest absolute Gasteiger partial charge is 0.463 e. The molecule has 3 aromatic heterocycles. The predicted octanol–water partition coefficient (Wildman–Crippen LogP) is 3.80. The van der Waals surface area contributed by atoms with Gasteiger partial charge in [-0.15, -0.1) is 0 Å². The average molecular weight is 402 g/mol. The summed E-state index contributed by atoms with van der Waals surface area (Å²) in [5.41, 5.74) is 3.32. The fourth-order valence-corrected chi connectivity index (χ4v) is 4.02. The first kappa shape index (κ1) is 18.6. The molecule has 1 N–H and O–H groups in total. The number of carbonyl (C=O) groups excluding carboxylic acids is 1. The van der Waals surface area contributed by atoms with Gasteiger partial charge in [0, 0.05) is 25.7 Å². The molecule has 1 aliphatic rings. The summed E-state index contributed by atoms with van der Waals surface area (Å²) in [6.45, 7) is 4.48. The zero-order valence-electron chi connectivity index (χ0n) is 16.7. The minimum absolute atomic E-state index is 0.0941. The number of nitrogens with zero attached hydrogens (tertiary/aromatic N) is 3. The van der Waals surface area contributed by atoms with E-state index in [1.165, 1.54) is 5.56 Å². The van der Waals surface area contributed by atoms with Crippen LogP contribution in [0, 0.1) is 6.92 Å². The summed E-state index contributed by atoms with van der Waals surface area (Å²) < 4.78 is 10.8. The number of aromatic nitrogens is 2. The monoisotopic (exact) mass is 402 g/mol. The first-order valence-electron chi connectivity index (χ1n) is 10.1. The molecular weight excluding hydrogens is 380 g/mol. The van der Waals surface area contributed by atoms with Crippen LogP contribution in [-0.4, -0.2) is 40.1 Å². The maximum Gasteiger partial charge on any atom is 0.259 e. The van der Waals surface area contributed by atoms with Gasteiger partial charge in [-0.25, -0.2) is 4.98 Å². The van der Waals surface area contributed by atoms with Crippen molar-refractivity contribution in [2.24, 2.45) is 0 Å². The van der Waals surface area contributed by atoms with Crippen LogP contribution >= 0.6 is 0 Å². The SMILES string of the molecule is Cc1noc2nc(-c3ccco3)cc(C(=O)N[C@H]3CCN(Cc4ccccc4)C3)c12. The van der Waals surface area contributed by atoms with E-state index in [0.29, 0.717) is 33.8 Å². The number of nitrogens with one attached hydrogen (secondary N) is 1. The van der Waals surface area contributed by atoms with Crippen LogP contribution < -0.4 is 5.32 Å². The van der Waals surface area contributed by atoms with E-state index >= 15 is 0 Å². The number of hydrogen-bond acceptors (Lipinski definition) is 6. The molecule has 0 radical (unpaired) electrons. The third kappa shape index (κ3) is 3.59. The fraction of sp³-hybridized carbons (Fsp3) is 0.261. The molecule has 0 bridgehead atoms. The van der Waals surface area contributed by atoms with Crippen molar-refractivity contribution in [3.8, 4) is 11.5 Å². The molecule has 4 heterocycles. The van der Waals surface area contributed by atoms with Crippen LogP contribution in [0.5, 0.6) is 0 Å². The molecule has 1 amide bonds. The summed E-state index contributed by atoms with van der Waals surface area (Å²) in [6.07, 6.45) is 2.49. The first-order chi connectivity index (χ1) is 14.7. The van der Waals surface area contributed by atoms with Crippen molar-refractivity contribution in [3.63, 3.8) is 0 Å². The molecule has 1 aliphatic heterocycles. The molecular formula is C23H22N4O3. The van der Waals surface area contributed by atoms with E-state index in [1.807, 2.05) is 13.0 Å². The van der Waals surface area contributed by atoms with E-state index in [-0.39, 0.29) is 11.9 Å². The molecule has 7 heteroatoms. The van der Waals surface area contributed by atoms with Crippen LogP contribution in [0.4, 0.5) is 0 Å². The molecule has 0 unspecified atom stereocenters. The molecule has 0 saturated carbocycles. The molecule has 0 aliphatic carbocycles. The van der Waals surface area contributed by atoms with E-state index in [4.69, 9.17) is 8.94 Å². The summed E-state index contributed by atoms with van der Waals surface area (Å²) in [7, 11) is 0. The highest BCUT2D eigenvalue weighted by Crippen LogP contribution is 2.27. The van der Waals surface area contributed by atoms with Crippen LogP contribution in [0.25, 0.3) is 22.6 Å². The van der Waals surface area contributed by atoms with Crippen LogP contribution in [0.15, 0.2) is 63.7 Å². The molecule has 30 heavy (non-hydrogen) atoms. The first-order valence-corrected chi connectivity index (χ1v) is 10.1. The zero-order valence-corrected chi connectivity index (χ0v) is 16.7. The summed E-state index contributed by atoms with van der Waals surface area (Å²) in [5.74, 6) is 0.433. The molecule has 152 valence electrons. The molecule has 1 saturated heterocycles. The lowest BCUT2D eigenvalue weighted by Gasteiger charge is -2.17. The van der Waals surface area contributed by atoms with Gasteiger partial charge in [0.2, 0.25) is 0 Å². The van der Waals surface area contributed by atoms with E-state index in [9.17, 15) is 4.79 Å². The summed E-state index contributed by atoms with van der Waals surface area (Å²) in [4.78, 5) is 20.0. The number of amides is 1. The summed E-state index contributed by atoms with van der Waals surface area (Å²) >= 11 is 0. The van der Waals surface area contributed by atoms with Crippen molar-refractivity contribution >= 4 is 17.0 Å². The van der Waals surface area contributed by atoms with E-state index in [1.54, 1.807) is 24.5 Å². The van der Waals surface area contributed by atoms with Crippen molar-refractivity contribution < 1.29 is 13.7 Å². The van der Waals surface area contributed by atoms with Crippen LogP contribution in [0.1, 0.15) is 28.0 Å². The van der Waals surface area contributed by atoms with Gasteiger partial charge in [-0.2, -0.15) is 0 Å². The van der Waals surface area contributed by atoms with Crippen molar-refractivity contribution in [2.45, 2.75) is 25.9 Å². The van der Waals surface area contributed by atoms with Crippen molar-refractivity contribution in [2.75, 3.05) is 13.1 Å². The highest BCUT2D eigenvalue weighted by Gasteiger charge is 2.26. The Morgan fingerprint density at radius 2 is 2.10 bits per heavy atom. The summed E-state index contributed by atoms with van der Waals surface area (Å²) in [5, 5.41) is 7.82. The number of likely N-dealkylation sites (tertiary alicyclic amines) is 1. The Kier molecular flexibility index (Phi) is 4.80. The average Bonchev–Trinajstić information content (AvgIpc) is 3.51. The second-order valence-electron chi connectivity index (χ2n) is 7.66. The molecule has 1 atom stereocenters. The second-order valence-corrected chi connectivity index (χ2v) is 7.66. The van der Waals surface area contributed by atoms with Gasteiger partial charge in [0.15, 0.2) is 5.76 Å². The van der Waals surface area contributed by atoms with Crippen LogP contribution in [0.2, 0.25) is 0 Å². The third-order valence-corrected chi connectivity index (χ3v) is 5.49. The highest BCUT2D eigenvalue weighted by molar-refractivity contribution is 6.07. The fourth-order valence-electron chi connectivity index (χ4n) is 4.02. The van der Waals surface area contributed by atoms with Gasteiger partial charge in [-0.05, 0) is 37.1 Å². The lowest BCUT2D eigenvalue weighted by atomic mass is 10.1. The lowest BCUT2D eigenvalue weighted by Crippen LogP contribution is -2.37. The molecule has 0 spiro atoms. The van der Waals surface area contributed by atoms with Crippen molar-refractivity contribution in [3.05, 3.63) is 71.6 Å². The number of fused-ring (bicyclic) bond motifs is 1. The van der Waals surface area contributed by atoms with Gasteiger partial charge in [-0.3, -0.25) is 9.69 Å².